The lowest BCUT2D eigenvalue weighted by molar-refractivity contribution is 0.397. The zero-order valence-electron chi connectivity index (χ0n) is 10.3. The molecule has 2 aromatic rings. The molecule has 1 atom stereocenters. The van der Waals surface area contributed by atoms with E-state index in [9.17, 15) is 0 Å². The fourth-order valence-electron chi connectivity index (χ4n) is 1.60. The van der Waals surface area contributed by atoms with Gasteiger partial charge in [-0.05, 0) is 30.7 Å². The highest BCUT2D eigenvalue weighted by atomic mass is 35.5. The van der Waals surface area contributed by atoms with Crippen LogP contribution in [0, 0.1) is 0 Å². The summed E-state index contributed by atoms with van der Waals surface area (Å²) in [6.07, 6.45) is 1.75. The molecule has 0 radical (unpaired) electrons. The van der Waals surface area contributed by atoms with Crippen molar-refractivity contribution < 1.29 is 4.74 Å². The largest absolute Gasteiger partial charge is 0.481 e. The molecule has 2 aromatic heterocycles. The average molecular weight is 283 g/mol. The molecule has 0 spiro atoms. The van der Waals surface area contributed by atoms with Crippen LogP contribution in [0.3, 0.4) is 0 Å². The predicted molar refractivity (Wildman–Crippen MR) is 75.4 cm³/mol. The van der Waals surface area contributed by atoms with E-state index in [0.29, 0.717) is 5.88 Å². The summed E-state index contributed by atoms with van der Waals surface area (Å²) < 4.78 is 5.92. The first-order chi connectivity index (χ1) is 8.69. The number of ether oxygens (including phenoxy) is 1. The number of thiophene rings is 1. The molecule has 0 aliphatic carbocycles. The van der Waals surface area contributed by atoms with Crippen molar-refractivity contribution >= 4 is 22.9 Å². The fourth-order valence-corrected chi connectivity index (χ4v) is 2.69. The van der Waals surface area contributed by atoms with Crippen molar-refractivity contribution in [3.63, 3.8) is 0 Å². The van der Waals surface area contributed by atoms with Gasteiger partial charge in [-0.2, -0.15) is 0 Å². The van der Waals surface area contributed by atoms with Crippen molar-refractivity contribution in [3.8, 4) is 5.88 Å². The molecule has 0 saturated heterocycles. The lowest BCUT2D eigenvalue weighted by atomic mass is 10.2. The average Bonchev–Trinajstić information content (AvgIpc) is 2.83. The molecular formula is C13H15ClN2OS. The van der Waals surface area contributed by atoms with E-state index in [4.69, 9.17) is 16.3 Å². The van der Waals surface area contributed by atoms with E-state index < -0.39 is 0 Å². The molecule has 0 amide bonds. The molecule has 0 bridgehead atoms. The van der Waals surface area contributed by atoms with Crippen molar-refractivity contribution in [1.29, 1.82) is 0 Å². The van der Waals surface area contributed by atoms with Gasteiger partial charge in [-0.25, -0.2) is 4.98 Å². The Morgan fingerprint density at radius 2 is 2.28 bits per heavy atom. The third-order valence-electron chi connectivity index (χ3n) is 2.64. The maximum absolute atomic E-state index is 5.93. The minimum absolute atomic E-state index is 0.279. The van der Waals surface area contributed by atoms with Gasteiger partial charge in [0.05, 0.1) is 11.4 Å². The van der Waals surface area contributed by atoms with E-state index in [2.05, 4.69) is 23.3 Å². The van der Waals surface area contributed by atoms with Crippen molar-refractivity contribution in [2.75, 3.05) is 7.11 Å². The van der Waals surface area contributed by atoms with Crippen molar-refractivity contribution in [2.45, 2.75) is 19.5 Å². The van der Waals surface area contributed by atoms with E-state index >= 15 is 0 Å². The van der Waals surface area contributed by atoms with Gasteiger partial charge in [-0.15, -0.1) is 11.3 Å². The molecule has 2 heterocycles. The molecule has 1 unspecified atom stereocenters. The first-order valence-electron chi connectivity index (χ1n) is 5.66. The highest BCUT2D eigenvalue weighted by molar-refractivity contribution is 7.16. The maximum Gasteiger partial charge on any atom is 0.213 e. The van der Waals surface area contributed by atoms with Crippen LogP contribution in [0.25, 0.3) is 0 Å². The zero-order chi connectivity index (χ0) is 13.0. The summed E-state index contributed by atoms with van der Waals surface area (Å²) >= 11 is 7.53. The van der Waals surface area contributed by atoms with Crippen LogP contribution < -0.4 is 10.1 Å². The molecule has 0 aromatic carbocycles. The summed E-state index contributed by atoms with van der Waals surface area (Å²) in [5.74, 6) is 0.640. The lowest BCUT2D eigenvalue weighted by Crippen LogP contribution is -2.17. The van der Waals surface area contributed by atoms with Crippen LogP contribution in [0.1, 0.15) is 23.4 Å². The number of nitrogens with one attached hydrogen (secondary N) is 1. The van der Waals surface area contributed by atoms with Crippen molar-refractivity contribution in [1.82, 2.24) is 10.3 Å². The quantitative estimate of drug-likeness (QED) is 0.909. The standard InChI is InChI=1S/C13H15ClN2OS/c1-9(11-3-4-12(14)18-11)16-8-10-5-6-15-13(7-10)17-2/h3-7,9,16H,8H2,1-2H3. The van der Waals surface area contributed by atoms with Gasteiger partial charge in [-0.3, -0.25) is 0 Å². The fraction of sp³-hybridized carbons (Fsp3) is 0.308. The third kappa shape index (κ3) is 3.45. The van der Waals surface area contributed by atoms with E-state index in [1.807, 2.05) is 18.2 Å². The minimum Gasteiger partial charge on any atom is -0.481 e. The number of rotatable bonds is 5. The second-order valence-corrected chi connectivity index (χ2v) is 5.70. The Hall–Kier alpha value is -1.10. The Kier molecular flexibility index (Phi) is 4.58. The number of hydrogen-bond acceptors (Lipinski definition) is 4. The SMILES string of the molecule is COc1cc(CNC(C)c2ccc(Cl)s2)ccn1. The van der Waals surface area contributed by atoms with Crippen LogP contribution in [0.4, 0.5) is 0 Å². The minimum atomic E-state index is 0.279. The first-order valence-corrected chi connectivity index (χ1v) is 6.86. The molecule has 5 heteroatoms. The lowest BCUT2D eigenvalue weighted by Gasteiger charge is -2.12. The Bertz CT molecular complexity index is 515. The Morgan fingerprint density at radius 3 is 2.94 bits per heavy atom. The van der Waals surface area contributed by atoms with E-state index in [1.54, 1.807) is 24.6 Å². The number of pyridine rings is 1. The molecule has 18 heavy (non-hydrogen) atoms. The van der Waals surface area contributed by atoms with Gasteiger partial charge >= 0.3 is 0 Å². The summed E-state index contributed by atoms with van der Waals surface area (Å²) in [6, 6.07) is 8.17. The van der Waals surface area contributed by atoms with Gasteiger partial charge in [0.2, 0.25) is 5.88 Å². The Morgan fingerprint density at radius 1 is 1.44 bits per heavy atom. The normalized spacial score (nSPS) is 12.4. The number of nitrogens with zero attached hydrogens (tertiary/aromatic N) is 1. The molecule has 0 saturated carbocycles. The summed E-state index contributed by atoms with van der Waals surface area (Å²) in [6.45, 7) is 2.90. The molecule has 3 nitrogen and oxygen atoms in total. The molecule has 2 rings (SSSR count). The Balaban J connectivity index is 1.94. The van der Waals surface area contributed by atoms with Gasteiger partial charge < -0.3 is 10.1 Å². The number of halogens is 1. The van der Waals surface area contributed by atoms with Crippen LogP contribution in [-0.4, -0.2) is 12.1 Å². The topological polar surface area (TPSA) is 34.1 Å². The van der Waals surface area contributed by atoms with Crippen molar-refractivity contribution in [2.24, 2.45) is 0 Å². The molecule has 0 aliphatic heterocycles. The van der Waals surface area contributed by atoms with Crippen LogP contribution in [0.5, 0.6) is 5.88 Å². The second-order valence-electron chi connectivity index (χ2n) is 3.95. The monoisotopic (exact) mass is 282 g/mol. The van der Waals surface area contributed by atoms with E-state index in [1.165, 1.54) is 4.88 Å². The molecule has 96 valence electrons. The highest BCUT2D eigenvalue weighted by Gasteiger charge is 2.07. The zero-order valence-corrected chi connectivity index (χ0v) is 11.9. The summed E-state index contributed by atoms with van der Waals surface area (Å²) in [4.78, 5) is 5.32. The molecular weight excluding hydrogens is 268 g/mol. The Labute approximate surface area is 116 Å². The van der Waals surface area contributed by atoms with Gasteiger partial charge in [-0.1, -0.05) is 11.6 Å². The molecule has 0 aliphatic rings. The summed E-state index contributed by atoms with van der Waals surface area (Å²) in [5, 5.41) is 3.45. The maximum atomic E-state index is 5.93. The van der Waals surface area contributed by atoms with E-state index in [-0.39, 0.29) is 6.04 Å². The first kappa shape index (κ1) is 13.3. The number of methoxy groups -OCH3 is 1. The van der Waals surface area contributed by atoms with Crippen LogP contribution in [-0.2, 0) is 6.54 Å². The van der Waals surface area contributed by atoms with Crippen molar-refractivity contribution in [3.05, 3.63) is 45.2 Å². The van der Waals surface area contributed by atoms with Gasteiger partial charge in [0, 0.05) is 29.7 Å². The number of hydrogen-bond donors (Lipinski definition) is 1. The van der Waals surface area contributed by atoms with Gasteiger partial charge in [0.1, 0.15) is 0 Å². The molecule has 1 N–H and O–H groups in total. The van der Waals surface area contributed by atoms with Crippen LogP contribution >= 0.6 is 22.9 Å². The molecule has 0 fully saturated rings. The highest BCUT2D eigenvalue weighted by Crippen LogP contribution is 2.26. The summed E-state index contributed by atoms with van der Waals surface area (Å²) in [5.41, 5.74) is 1.15. The second kappa shape index (κ2) is 6.18. The van der Waals surface area contributed by atoms with E-state index in [0.717, 1.165) is 16.4 Å². The van der Waals surface area contributed by atoms with Gasteiger partial charge in [0.25, 0.3) is 0 Å². The predicted octanol–water partition coefficient (Wildman–Crippen LogP) is 3.66. The number of aromatic nitrogens is 1. The third-order valence-corrected chi connectivity index (χ3v) is 4.06. The van der Waals surface area contributed by atoms with Gasteiger partial charge in [0.15, 0.2) is 0 Å². The summed E-state index contributed by atoms with van der Waals surface area (Å²) in [7, 11) is 1.62. The van der Waals surface area contributed by atoms with Crippen LogP contribution in [0.2, 0.25) is 4.34 Å². The van der Waals surface area contributed by atoms with Crippen LogP contribution in [0.15, 0.2) is 30.5 Å². The smallest absolute Gasteiger partial charge is 0.213 e.